The van der Waals surface area contributed by atoms with Crippen LogP contribution in [0.15, 0.2) is 0 Å². The van der Waals surface area contributed by atoms with Gasteiger partial charge in [0.15, 0.2) is 0 Å². The highest BCUT2D eigenvalue weighted by atomic mass is 15.0. The summed E-state index contributed by atoms with van der Waals surface area (Å²) in [6, 6.07) is 3.13. The lowest BCUT2D eigenvalue weighted by molar-refractivity contribution is 0.518. The highest BCUT2D eigenvalue weighted by Crippen LogP contribution is 2.34. The Morgan fingerprint density at radius 1 is 1.40 bits per heavy atom. The van der Waals surface area contributed by atoms with Crippen molar-refractivity contribution in [2.24, 2.45) is 5.92 Å². The topological polar surface area (TPSA) is 35.8 Å². The first kappa shape index (κ1) is 6.18. The molecule has 0 aromatic rings. The number of nitrogens with zero attached hydrogens (tertiary/aromatic N) is 1. The molecule has 1 saturated heterocycles. The minimum atomic E-state index is 0.162. The summed E-state index contributed by atoms with van der Waals surface area (Å²) in [5, 5.41) is 12.0. The lowest BCUT2D eigenvalue weighted by Crippen LogP contribution is -2.27. The molecule has 2 heteroatoms. The van der Waals surface area contributed by atoms with Gasteiger partial charge in [0.05, 0.1) is 12.1 Å². The third-order valence-corrected chi connectivity index (χ3v) is 2.77. The summed E-state index contributed by atoms with van der Waals surface area (Å²) in [6.45, 7) is 0. The Labute approximate surface area is 61.2 Å². The van der Waals surface area contributed by atoms with E-state index in [0.29, 0.717) is 6.04 Å². The van der Waals surface area contributed by atoms with Crippen LogP contribution in [0.3, 0.4) is 0 Å². The van der Waals surface area contributed by atoms with Crippen LogP contribution < -0.4 is 5.32 Å². The number of fused-ring (bicyclic) bond motifs is 1. The smallest absolute Gasteiger partial charge is 0.0958 e. The number of nitriles is 1. The Morgan fingerprint density at radius 2 is 2.30 bits per heavy atom. The Morgan fingerprint density at radius 3 is 3.00 bits per heavy atom. The second kappa shape index (κ2) is 2.25. The fraction of sp³-hybridized carbons (Fsp3) is 0.875. The summed E-state index contributed by atoms with van der Waals surface area (Å²) >= 11 is 0. The molecule has 2 fully saturated rings. The predicted molar refractivity (Wildman–Crippen MR) is 38.3 cm³/mol. The van der Waals surface area contributed by atoms with Crippen LogP contribution in [0.5, 0.6) is 0 Å². The number of rotatable bonds is 0. The lowest BCUT2D eigenvalue weighted by Gasteiger charge is -2.05. The maximum Gasteiger partial charge on any atom is 0.0958 e. The fourth-order valence-electron chi connectivity index (χ4n) is 2.26. The molecule has 1 aliphatic heterocycles. The minimum absolute atomic E-state index is 0.162. The van der Waals surface area contributed by atoms with E-state index in [1.165, 1.54) is 19.3 Å². The molecule has 0 aromatic heterocycles. The quantitative estimate of drug-likeness (QED) is 0.540. The predicted octanol–water partition coefficient (Wildman–Crippen LogP) is 1.04. The van der Waals surface area contributed by atoms with E-state index in [1.807, 2.05) is 0 Å². The van der Waals surface area contributed by atoms with Crippen molar-refractivity contribution in [2.45, 2.75) is 37.8 Å². The minimum Gasteiger partial charge on any atom is -0.299 e. The van der Waals surface area contributed by atoms with Gasteiger partial charge in [-0.15, -0.1) is 0 Å². The van der Waals surface area contributed by atoms with Crippen molar-refractivity contribution in [3.05, 3.63) is 0 Å². The molecule has 2 nitrogen and oxygen atoms in total. The molecule has 1 saturated carbocycles. The maximum atomic E-state index is 8.61. The third kappa shape index (κ3) is 0.819. The average Bonchev–Trinajstić information content (AvgIpc) is 2.42. The molecule has 0 aromatic carbocycles. The maximum absolute atomic E-state index is 8.61. The molecule has 1 N–H and O–H groups in total. The molecule has 3 unspecified atom stereocenters. The van der Waals surface area contributed by atoms with Crippen LogP contribution in [0.1, 0.15) is 25.7 Å². The molecular formula is C8H12N2. The van der Waals surface area contributed by atoms with E-state index in [1.54, 1.807) is 0 Å². The third-order valence-electron chi connectivity index (χ3n) is 2.77. The van der Waals surface area contributed by atoms with Crippen molar-refractivity contribution < 1.29 is 0 Å². The van der Waals surface area contributed by atoms with E-state index < -0.39 is 0 Å². The second-order valence-corrected chi connectivity index (χ2v) is 3.38. The summed E-state index contributed by atoms with van der Waals surface area (Å²) in [6.07, 6.45) is 5.10. The summed E-state index contributed by atoms with van der Waals surface area (Å²) in [4.78, 5) is 0. The summed E-state index contributed by atoms with van der Waals surface area (Å²) < 4.78 is 0. The standard InChI is InChI=1S/C8H12N2/c9-5-7-4-6-2-1-3-8(6)10-7/h6-8,10H,1-4H2. The van der Waals surface area contributed by atoms with Crippen LogP contribution >= 0.6 is 0 Å². The van der Waals surface area contributed by atoms with Gasteiger partial charge in [0.2, 0.25) is 0 Å². The lowest BCUT2D eigenvalue weighted by atomic mass is 10.0. The Bertz CT molecular complexity index is 159. The zero-order valence-electron chi connectivity index (χ0n) is 6.01. The molecule has 0 radical (unpaired) electrons. The van der Waals surface area contributed by atoms with E-state index in [-0.39, 0.29) is 6.04 Å². The highest BCUT2D eigenvalue weighted by Gasteiger charge is 2.36. The van der Waals surface area contributed by atoms with Crippen molar-refractivity contribution in [1.82, 2.24) is 5.32 Å². The Balaban J connectivity index is 2.01. The summed E-state index contributed by atoms with van der Waals surface area (Å²) in [5.41, 5.74) is 0. The number of hydrogen-bond acceptors (Lipinski definition) is 2. The molecule has 2 aliphatic rings. The van der Waals surface area contributed by atoms with Crippen LogP contribution in [0.2, 0.25) is 0 Å². The molecule has 0 bridgehead atoms. The van der Waals surface area contributed by atoms with E-state index in [9.17, 15) is 0 Å². The van der Waals surface area contributed by atoms with Crippen LogP contribution in [0, 0.1) is 17.2 Å². The monoisotopic (exact) mass is 136 g/mol. The molecule has 3 atom stereocenters. The van der Waals surface area contributed by atoms with E-state index in [0.717, 1.165) is 12.3 Å². The average molecular weight is 136 g/mol. The van der Waals surface area contributed by atoms with Gasteiger partial charge in [-0.3, -0.25) is 5.32 Å². The van der Waals surface area contributed by atoms with Gasteiger partial charge in [0.1, 0.15) is 0 Å². The SMILES string of the molecule is N#CC1CC2CCCC2N1. The molecule has 1 heterocycles. The van der Waals surface area contributed by atoms with Crippen LogP contribution in [0.25, 0.3) is 0 Å². The zero-order chi connectivity index (χ0) is 6.97. The molecule has 0 spiro atoms. The summed E-state index contributed by atoms with van der Waals surface area (Å²) in [5.74, 6) is 0.824. The van der Waals surface area contributed by atoms with E-state index in [2.05, 4.69) is 11.4 Å². The first-order valence-corrected chi connectivity index (χ1v) is 4.06. The molecule has 1 aliphatic carbocycles. The first-order valence-electron chi connectivity index (χ1n) is 4.06. The number of nitrogens with one attached hydrogen (secondary N) is 1. The Kier molecular flexibility index (Phi) is 1.39. The first-order chi connectivity index (χ1) is 4.90. The highest BCUT2D eigenvalue weighted by molar-refractivity contribution is 5.03. The largest absolute Gasteiger partial charge is 0.299 e. The van der Waals surface area contributed by atoms with Gasteiger partial charge >= 0.3 is 0 Å². The van der Waals surface area contributed by atoms with E-state index in [4.69, 9.17) is 5.26 Å². The van der Waals surface area contributed by atoms with Crippen LogP contribution in [-0.4, -0.2) is 12.1 Å². The van der Waals surface area contributed by atoms with E-state index >= 15 is 0 Å². The van der Waals surface area contributed by atoms with Crippen molar-refractivity contribution >= 4 is 0 Å². The van der Waals surface area contributed by atoms with Crippen molar-refractivity contribution in [3.63, 3.8) is 0 Å². The molecule has 0 amide bonds. The van der Waals surface area contributed by atoms with Gasteiger partial charge in [-0.2, -0.15) is 5.26 Å². The second-order valence-electron chi connectivity index (χ2n) is 3.38. The molecule has 54 valence electrons. The van der Waals surface area contributed by atoms with Gasteiger partial charge < -0.3 is 0 Å². The van der Waals surface area contributed by atoms with Crippen molar-refractivity contribution in [3.8, 4) is 6.07 Å². The Hall–Kier alpha value is -0.550. The van der Waals surface area contributed by atoms with Crippen LogP contribution in [-0.2, 0) is 0 Å². The van der Waals surface area contributed by atoms with Gasteiger partial charge in [0.25, 0.3) is 0 Å². The van der Waals surface area contributed by atoms with Crippen molar-refractivity contribution in [2.75, 3.05) is 0 Å². The van der Waals surface area contributed by atoms with Crippen LogP contribution in [0.4, 0.5) is 0 Å². The zero-order valence-corrected chi connectivity index (χ0v) is 6.01. The van der Waals surface area contributed by atoms with Gasteiger partial charge in [-0.1, -0.05) is 6.42 Å². The normalized spacial score (nSPS) is 44.9. The molecular weight excluding hydrogens is 124 g/mol. The van der Waals surface area contributed by atoms with Gasteiger partial charge in [0, 0.05) is 6.04 Å². The van der Waals surface area contributed by atoms with Gasteiger partial charge in [-0.05, 0) is 25.2 Å². The fourth-order valence-corrected chi connectivity index (χ4v) is 2.26. The van der Waals surface area contributed by atoms with Crippen molar-refractivity contribution in [1.29, 1.82) is 5.26 Å². The molecule has 2 rings (SSSR count). The molecule has 10 heavy (non-hydrogen) atoms. The van der Waals surface area contributed by atoms with Gasteiger partial charge in [-0.25, -0.2) is 0 Å². The summed E-state index contributed by atoms with van der Waals surface area (Å²) in [7, 11) is 0. The number of hydrogen-bond donors (Lipinski definition) is 1.